The molecule has 0 saturated carbocycles. The third-order valence-corrected chi connectivity index (χ3v) is 4.65. The maximum Gasteiger partial charge on any atom is 0.335 e. The normalized spacial score (nSPS) is 11.3. The fourth-order valence-corrected chi connectivity index (χ4v) is 3.50. The van der Waals surface area contributed by atoms with Crippen LogP contribution >= 0.6 is 15.9 Å². The fraction of sp³-hybridized carbons (Fsp3) is 0.0909. The molecule has 20 heavy (non-hydrogen) atoms. The largest absolute Gasteiger partial charge is 0.478 e. The number of carboxylic acid groups (broad SMARTS) is 1. The van der Waals surface area contributed by atoms with E-state index in [0.29, 0.717) is 5.69 Å². The molecule has 0 fully saturated rings. The highest BCUT2D eigenvalue weighted by molar-refractivity contribution is 9.10. The van der Waals surface area contributed by atoms with Crippen molar-refractivity contribution in [3.05, 3.63) is 40.0 Å². The molecule has 0 aliphatic rings. The quantitative estimate of drug-likeness (QED) is 0.864. The molecule has 0 radical (unpaired) electrons. The predicted molar refractivity (Wildman–Crippen MR) is 73.1 cm³/mol. The number of anilines is 1. The summed E-state index contributed by atoms with van der Waals surface area (Å²) in [6.07, 6.45) is 0. The first-order valence-corrected chi connectivity index (χ1v) is 7.56. The SMILES string of the molecule is Cc1cc(NS(=O)(=O)c2ccc(C(=O)O)cc2Br)on1. The van der Waals surface area contributed by atoms with E-state index in [-0.39, 0.29) is 20.8 Å². The minimum Gasteiger partial charge on any atom is -0.478 e. The lowest BCUT2D eigenvalue weighted by molar-refractivity contribution is 0.0696. The molecule has 0 aliphatic heterocycles. The van der Waals surface area contributed by atoms with Crippen molar-refractivity contribution in [1.29, 1.82) is 0 Å². The Morgan fingerprint density at radius 1 is 1.40 bits per heavy atom. The van der Waals surface area contributed by atoms with Gasteiger partial charge < -0.3 is 9.63 Å². The Morgan fingerprint density at radius 3 is 2.60 bits per heavy atom. The Bertz CT molecular complexity index is 769. The zero-order valence-electron chi connectivity index (χ0n) is 10.1. The van der Waals surface area contributed by atoms with Crippen LogP contribution in [0.1, 0.15) is 16.1 Å². The van der Waals surface area contributed by atoms with E-state index in [1.807, 2.05) is 0 Å². The smallest absolute Gasteiger partial charge is 0.335 e. The third kappa shape index (κ3) is 2.99. The van der Waals surface area contributed by atoms with Gasteiger partial charge in [-0.2, -0.15) is 0 Å². The molecule has 1 heterocycles. The van der Waals surface area contributed by atoms with E-state index in [2.05, 4.69) is 25.8 Å². The lowest BCUT2D eigenvalue weighted by atomic mass is 10.2. The van der Waals surface area contributed by atoms with Gasteiger partial charge >= 0.3 is 5.97 Å². The summed E-state index contributed by atoms with van der Waals surface area (Å²) >= 11 is 3.04. The minimum absolute atomic E-state index is 0.0169. The van der Waals surface area contributed by atoms with Gasteiger partial charge in [0, 0.05) is 10.5 Å². The minimum atomic E-state index is -3.90. The zero-order chi connectivity index (χ0) is 14.9. The Labute approximate surface area is 122 Å². The molecule has 2 rings (SSSR count). The number of benzene rings is 1. The standard InChI is InChI=1S/C11H9BrN2O5S/c1-6-4-10(19-13-6)14-20(17,18)9-3-2-7(11(15)16)5-8(9)12/h2-5,14H,1H3,(H,15,16). The molecule has 1 aromatic heterocycles. The number of halogens is 1. The lowest BCUT2D eigenvalue weighted by Gasteiger charge is -2.07. The van der Waals surface area contributed by atoms with Crippen molar-refractivity contribution in [3.63, 3.8) is 0 Å². The summed E-state index contributed by atoms with van der Waals surface area (Å²) in [4.78, 5) is 10.7. The van der Waals surface area contributed by atoms with Crippen LogP contribution in [0.4, 0.5) is 5.88 Å². The number of hydrogen-bond donors (Lipinski definition) is 2. The second-order valence-electron chi connectivity index (χ2n) is 3.89. The maximum absolute atomic E-state index is 12.1. The Kier molecular flexibility index (Phi) is 3.82. The van der Waals surface area contributed by atoms with Crippen LogP contribution in [0.25, 0.3) is 0 Å². The van der Waals surface area contributed by atoms with Gasteiger partial charge in [0.2, 0.25) is 5.88 Å². The van der Waals surface area contributed by atoms with Crippen molar-refractivity contribution in [1.82, 2.24) is 5.16 Å². The Balaban J connectivity index is 2.37. The van der Waals surface area contributed by atoms with Gasteiger partial charge in [0.25, 0.3) is 10.0 Å². The van der Waals surface area contributed by atoms with E-state index in [9.17, 15) is 13.2 Å². The summed E-state index contributed by atoms with van der Waals surface area (Å²) in [6.45, 7) is 1.65. The maximum atomic E-state index is 12.1. The van der Waals surface area contributed by atoms with Crippen LogP contribution in [-0.4, -0.2) is 24.7 Å². The van der Waals surface area contributed by atoms with Crippen LogP contribution in [0.15, 0.2) is 38.2 Å². The molecular formula is C11H9BrN2O5S. The molecule has 1 aromatic carbocycles. The number of carbonyl (C=O) groups is 1. The van der Waals surface area contributed by atoms with Crippen molar-refractivity contribution in [2.75, 3.05) is 4.72 Å². The first-order chi connectivity index (χ1) is 9.29. The van der Waals surface area contributed by atoms with Gasteiger partial charge in [0.15, 0.2) is 0 Å². The number of aromatic carboxylic acids is 1. The number of rotatable bonds is 4. The molecule has 9 heteroatoms. The van der Waals surface area contributed by atoms with E-state index in [1.54, 1.807) is 6.92 Å². The molecule has 0 unspecified atom stereocenters. The topological polar surface area (TPSA) is 110 Å². The number of aromatic nitrogens is 1. The van der Waals surface area contributed by atoms with E-state index in [0.717, 1.165) is 0 Å². The molecule has 0 spiro atoms. The van der Waals surface area contributed by atoms with Crippen LogP contribution in [0, 0.1) is 6.92 Å². The number of carboxylic acids is 1. The van der Waals surface area contributed by atoms with Crippen molar-refractivity contribution >= 4 is 37.8 Å². The number of hydrogen-bond acceptors (Lipinski definition) is 5. The van der Waals surface area contributed by atoms with Gasteiger partial charge in [-0.1, -0.05) is 5.16 Å². The molecule has 0 amide bonds. The van der Waals surface area contributed by atoms with Crippen LogP contribution in [-0.2, 0) is 10.0 Å². The van der Waals surface area contributed by atoms with Gasteiger partial charge in [-0.05, 0) is 41.1 Å². The van der Waals surface area contributed by atoms with Gasteiger partial charge in [-0.25, -0.2) is 17.9 Å². The van der Waals surface area contributed by atoms with Crippen molar-refractivity contribution in [2.24, 2.45) is 0 Å². The fourth-order valence-electron chi connectivity index (χ4n) is 1.45. The van der Waals surface area contributed by atoms with E-state index in [4.69, 9.17) is 9.63 Å². The third-order valence-electron chi connectivity index (χ3n) is 2.33. The number of nitrogens with zero attached hydrogens (tertiary/aromatic N) is 1. The molecule has 2 aromatic rings. The number of nitrogens with one attached hydrogen (secondary N) is 1. The molecule has 106 valence electrons. The van der Waals surface area contributed by atoms with Gasteiger partial charge in [0.05, 0.1) is 11.3 Å². The molecule has 0 atom stereocenters. The second-order valence-corrected chi connectivity index (χ2v) is 6.39. The zero-order valence-corrected chi connectivity index (χ0v) is 12.5. The Hall–Kier alpha value is -1.87. The summed E-state index contributed by atoms with van der Waals surface area (Å²) in [5, 5.41) is 12.4. The predicted octanol–water partition coefficient (Wildman–Crippen LogP) is 2.24. The molecule has 0 aliphatic carbocycles. The van der Waals surface area contributed by atoms with Gasteiger partial charge in [-0.3, -0.25) is 0 Å². The Morgan fingerprint density at radius 2 is 2.10 bits per heavy atom. The summed E-state index contributed by atoms with van der Waals surface area (Å²) in [5.41, 5.74) is 0.509. The number of sulfonamides is 1. The molecule has 2 N–H and O–H groups in total. The molecule has 0 saturated heterocycles. The first kappa shape index (κ1) is 14.5. The van der Waals surface area contributed by atoms with Crippen LogP contribution in [0.5, 0.6) is 0 Å². The summed E-state index contributed by atoms with van der Waals surface area (Å²) < 4.78 is 31.4. The van der Waals surface area contributed by atoms with Crippen molar-refractivity contribution in [3.8, 4) is 0 Å². The number of aryl methyl sites for hydroxylation is 1. The highest BCUT2D eigenvalue weighted by atomic mass is 79.9. The van der Waals surface area contributed by atoms with Crippen molar-refractivity contribution < 1.29 is 22.8 Å². The summed E-state index contributed by atoms with van der Waals surface area (Å²) in [5.74, 6) is -1.16. The lowest BCUT2D eigenvalue weighted by Crippen LogP contribution is -2.13. The highest BCUT2D eigenvalue weighted by Gasteiger charge is 2.20. The van der Waals surface area contributed by atoms with Crippen LogP contribution in [0.2, 0.25) is 0 Å². The van der Waals surface area contributed by atoms with E-state index in [1.165, 1.54) is 24.3 Å². The first-order valence-electron chi connectivity index (χ1n) is 5.28. The van der Waals surface area contributed by atoms with E-state index < -0.39 is 16.0 Å². The summed E-state index contributed by atoms with van der Waals surface area (Å²) in [6, 6.07) is 5.03. The van der Waals surface area contributed by atoms with E-state index >= 15 is 0 Å². The molecule has 7 nitrogen and oxygen atoms in total. The average molecular weight is 361 g/mol. The van der Waals surface area contributed by atoms with Crippen LogP contribution < -0.4 is 4.72 Å². The molecular weight excluding hydrogens is 352 g/mol. The van der Waals surface area contributed by atoms with Crippen molar-refractivity contribution in [2.45, 2.75) is 11.8 Å². The monoisotopic (exact) mass is 360 g/mol. The average Bonchev–Trinajstić information content (AvgIpc) is 2.73. The van der Waals surface area contributed by atoms with Gasteiger partial charge in [0.1, 0.15) is 4.90 Å². The highest BCUT2D eigenvalue weighted by Crippen LogP contribution is 2.25. The van der Waals surface area contributed by atoms with Crippen LogP contribution in [0.3, 0.4) is 0 Å². The van der Waals surface area contributed by atoms with Gasteiger partial charge in [-0.15, -0.1) is 0 Å². The molecule has 0 bridgehead atoms. The second kappa shape index (κ2) is 5.25. The summed E-state index contributed by atoms with van der Waals surface area (Å²) in [7, 11) is -3.90.